The van der Waals surface area contributed by atoms with E-state index in [9.17, 15) is 4.79 Å². The lowest BCUT2D eigenvalue weighted by Crippen LogP contribution is -2.34. The van der Waals surface area contributed by atoms with Crippen molar-refractivity contribution in [1.82, 2.24) is 0 Å². The molecule has 1 atom stereocenters. The first-order valence-corrected chi connectivity index (χ1v) is 8.88. The van der Waals surface area contributed by atoms with E-state index in [0.717, 1.165) is 18.7 Å². The van der Waals surface area contributed by atoms with Crippen molar-refractivity contribution in [3.8, 4) is 17.6 Å². The Balaban J connectivity index is 1.49. The predicted octanol–water partition coefficient (Wildman–Crippen LogP) is 2.66. The van der Waals surface area contributed by atoms with Crippen LogP contribution in [0.5, 0.6) is 11.5 Å². The molecular weight excluding hydrogens is 320 g/mol. The monoisotopic (exact) mass is 342 g/mol. The van der Waals surface area contributed by atoms with Crippen molar-refractivity contribution in [2.45, 2.75) is 38.2 Å². The summed E-state index contributed by atoms with van der Waals surface area (Å²) in [6.07, 6.45) is 4.07. The Hall–Kier alpha value is -2.26. The summed E-state index contributed by atoms with van der Waals surface area (Å²) in [4.78, 5) is 14.5. The molecule has 1 saturated heterocycles. The molecule has 0 N–H and O–H groups in total. The normalized spacial score (nSPS) is 22.4. The lowest BCUT2D eigenvalue weighted by atomic mass is 10.0. The number of hydrogen-bond donors (Lipinski definition) is 0. The third-order valence-electron chi connectivity index (χ3n) is 5.23. The van der Waals surface area contributed by atoms with Crippen molar-refractivity contribution in [3.05, 3.63) is 18.2 Å². The molecule has 1 aliphatic carbocycles. The van der Waals surface area contributed by atoms with Gasteiger partial charge < -0.3 is 19.1 Å². The second-order valence-corrected chi connectivity index (χ2v) is 7.12. The van der Waals surface area contributed by atoms with Crippen molar-refractivity contribution in [2.24, 2.45) is 5.41 Å². The van der Waals surface area contributed by atoms with E-state index in [-0.39, 0.29) is 18.4 Å². The van der Waals surface area contributed by atoms with Gasteiger partial charge >= 0.3 is 0 Å². The number of carbonyl (C=O) groups excluding carboxylic acids is 1. The fourth-order valence-corrected chi connectivity index (χ4v) is 3.62. The molecule has 4 rings (SSSR count). The van der Waals surface area contributed by atoms with Crippen LogP contribution >= 0.6 is 0 Å². The first kappa shape index (κ1) is 16.2. The number of nitriles is 1. The fourth-order valence-electron chi connectivity index (χ4n) is 3.62. The number of benzene rings is 1. The van der Waals surface area contributed by atoms with Gasteiger partial charge in [-0.15, -0.1) is 0 Å². The quantitative estimate of drug-likeness (QED) is 0.823. The van der Waals surface area contributed by atoms with E-state index in [2.05, 4.69) is 6.07 Å². The second kappa shape index (κ2) is 6.57. The number of amides is 1. The highest BCUT2D eigenvalue weighted by atomic mass is 16.6. The minimum atomic E-state index is -0.00497. The summed E-state index contributed by atoms with van der Waals surface area (Å²) in [7, 11) is 0. The van der Waals surface area contributed by atoms with Crippen molar-refractivity contribution in [2.75, 3.05) is 31.3 Å². The van der Waals surface area contributed by atoms with E-state index in [4.69, 9.17) is 19.5 Å². The van der Waals surface area contributed by atoms with Gasteiger partial charge in [0, 0.05) is 18.3 Å². The molecule has 1 aromatic carbocycles. The zero-order valence-corrected chi connectivity index (χ0v) is 14.2. The smallest absolute Gasteiger partial charge is 0.229 e. The van der Waals surface area contributed by atoms with Gasteiger partial charge in [-0.25, -0.2) is 0 Å². The van der Waals surface area contributed by atoms with E-state index in [0.29, 0.717) is 43.1 Å². The van der Waals surface area contributed by atoms with Crippen molar-refractivity contribution >= 4 is 11.6 Å². The van der Waals surface area contributed by atoms with Gasteiger partial charge in [-0.05, 0) is 36.8 Å². The summed E-state index contributed by atoms with van der Waals surface area (Å²) in [6.45, 7) is 2.19. The minimum Gasteiger partial charge on any atom is -0.486 e. The molecule has 2 aliphatic heterocycles. The van der Waals surface area contributed by atoms with E-state index in [1.807, 2.05) is 18.2 Å². The molecule has 1 amide bonds. The molecule has 0 radical (unpaired) electrons. The summed E-state index contributed by atoms with van der Waals surface area (Å²) in [5, 5.41) is 8.94. The zero-order chi connectivity index (χ0) is 17.3. The highest BCUT2D eigenvalue weighted by Gasteiger charge is 2.49. The maximum atomic E-state index is 12.9. The maximum absolute atomic E-state index is 12.9. The first-order chi connectivity index (χ1) is 12.2. The van der Waals surface area contributed by atoms with Crippen LogP contribution in [0.1, 0.15) is 32.1 Å². The molecule has 1 spiro atoms. The van der Waals surface area contributed by atoms with E-state index in [1.165, 1.54) is 12.8 Å². The number of carbonyl (C=O) groups is 1. The molecule has 2 heterocycles. The summed E-state index contributed by atoms with van der Waals surface area (Å²) < 4.78 is 17.0. The van der Waals surface area contributed by atoms with Crippen molar-refractivity contribution in [1.29, 1.82) is 5.26 Å². The Morgan fingerprint density at radius 1 is 1.28 bits per heavy atom. The number of hydrogen-bond acceptors (Lipinski definition) is 5. The van der Waals surface area contributed by atoms with Gasteiger partial charge in [0.15, 0.2) is 11.5 Å². The SMILES string of the molecule is N#CCCN(C(=O)CC1CC2(CC2)CO1)c1ccc2c(c1)OCCO2. The maximum Gasteiger partial charge on any atom is 0.229 e. The molecule has 0 bridgehead atoms. The molecule has 25 heavy (non-hydrogen) atoms. The van der Waals surface area contributed by atoms with Crippen LogP contribution in [0.3, 0.4) is 0 Å². The molecule has 6 nitrogen and oxygen atoms in total. The third-order valence-corrected chi connectivity index (χ3v) is 5.23. The molecule has 1 aromatic rings. The summed E-state index contributed by atoms with van der Waals surface area (Å²) >= 11 is 0. The Labute approximate surface area is 147 Å². The van der Waals surface area contributed by atoms with Gasteiger partial charge in [0.25, 0.3) is 0 Å². The van der Waals surface area contributed by atoms with Crippen LogP contribution in [-0.2, 0) is 9.53 Å². The van der Waals surface area contributed by atoms with Crippen LogP contribution in [0.4, 0.5) is 5.69 Å². The van der Waals surface area contributed by atoms with E-state index in [1.54, 1.807) is 4.90 Å². The Bertz CT molecular complexity index is 708. The summed E-state index contributed by atoms with van der Waals surface area (Å²) in [6, 6.07) is 7.61. The van der Waals surface area contributed by atoms with Crippen LogP contribution in [-0.4, -0.2) is 38.4 Å². The first-order valence-electron chi connectivity index (χ1n) is 8.88. The zero-order valence-electron chi connectivity index (χ0n) is 14.2. The van der Waals surface area contributed by atoms with Gasteiger partial charge in [-0.1, -0.05) is 0 Å². The molecule has 3 aliphatic rings. The lowest BCUT2D eigenvalue weighted by Gasteiger charge is -2.25. The van der Waals surface area contributed by atoms with Crippen LogP contribution in [0.15, 0.2) is 18.2 Å². The van der Waals surface area contributed by atoms with Gasteiger partial charge in [-0.3, -0.25) is 4.79 Å². The topological polar surface area (TPSA) is 71.8 Å². The highest BCUT2D eigenvalue weighted by molar-refractivity contribution is 5.94. The number of fused-ring (bicyclic) bond motifs is 1. The number of anilines is 1. The lowest BCUT2D eigenvalue weighted by molar-refractivity contribution is -0.120. The van der Waals surface area contributed by atoms with Gasteiger partial charge in [-0.2, -0.15) is 5.26 Å². The average Bonchev–Trinajstić information content (AvgIpc) is 3.27. The van der Waals surface area contributed by atoms with Gasteiger partial charge in [0.2, 0.25) is 5.91 Å². The van der Waals surface area contributed by atoms with Crippen LogP contribution in [0, 0.1) is 16.7 Å². The molecule has 1 saturated carbocycles. The highest BCUT2D eigenvalue weighted by Crippen LogP contribution is 2.54. The van der Waals surface area contributed by atoms with Crippen LogP contribution < -0.4 is 14.4 Å². The van der Waals surface area contributed by atoms with Gasteiger partial charge in [0.05, 0.1) is 31.6 Å². The molecule has 1 unspecified atom stereocenters. The third kappa shape index (κ3) is 3.42. The fraction of sp³-hybridized carbons (Fsp3) is 0.579. The summed E-state index contributed by atoms with van der Waals surface area (Å²) in [5.74, 6) is 1.33. The Morgan fingerprint density at radius 3 is 2.80 bits per heavy atom. The van der Waals surface area contributed by atoms with E-state index >= 15 is 0 Å². The number of rotatable bonds is 5. The minimum absolute atomic E-state index is 0.00297. The molecule has 2 fully saturated rings. The van der Waals surface area contributed by atoms with Crippen molar-refractivity contribution in [3.63, 3.8) is 0 Å². The van der Waals surface area contributed by atoms with Gasteiger partial charge in [0.1, 0.15) is 13.2 Å². The van der Waals surface area contributed by atoms with E-state index < -0.39 is 0 Å². The Morgan fingerprint density at radius 2 is 2.08 bits per heavy atom. The number of nitrogens with zero attached hydrogens (tertiary/aromatic N) is 2. The molecular formula is C19H22N2O4. The largest absolute Gasteiger partial charge is 0.486 e. The predicted molar refractivity (Wildman–Crippen MR) is 90.7 cm³/mol. The van der Waals surface area contributed by atoms with Crippen molar-refractivity contribution < 1.29 is 19.0 Å². The Kier molecular flexibility index (Phi) is 4.26. The van der Waals surface area contributed by atoms with Crippen LogP contribution in [0.25, 0.3) is 0 Å². The van der Waals surface area contributed by atoms with Crippen LogP contribution in [0.2, 0.25) is 0 Å². The molecule has 0 aromatic heterocycles. The second-order valence-electron chi connectivity index (χ2n) is 7.12. The molecule has 132 valence electrons. The average molecular weight is 342 g/mol. The molecule has 6 heteroatoms. The summed E-state index contributed by atoms with van der Waals surface area (Å²) in [5.41, 5.74) is 1.10. The number of ether oxygens (including phenoxy) is 3. The standard InChI is InChI=1S/C19H22N2O4/c20-6-1-7-21(14-2-3-16-17(10-14)24-9-8-23-16)18(22)11-15-12-19(4-5-19)13-25-15/h2-3,10,15H,1,4-5,7-9,11-13H2.